The van der Waals surface area contributed by atoms with Crippen molar-refractivity contribution in [3.63, 3.8) is 0 Å². The van der Waals surface area contributed by atoms with Gasteiger partial charge < -0.3 is 10.2 Å². The monoisotopic (exact) mass is 188 g/mol. The number of hydrogen-bond donors (Lipinski definition) is 2. The van der Waals surface area contributed by atoms with E-state index < -0.39 is 0 Å². The van der Waals surface area contributed by atoms with Crippen molar-refractivity contribution in [1.29, 1.82) is 0 Å². The van der Waals surface area contributed by atoms with Gasteiger partial charge in [-0.25, -0.2) is 0 Å². The van der Waals surface area contributed by atoms with E-state index in [1.54, 1.807) is 0 Å². The van der Waals surface area contributed by atoms with E-state index in [9.17, 15) is 10.2 Å². The van der Waals surface area contributed by atoms with Gasteiger partial charge >= 0.3 is 0 Å². The highest BCUT2D eigenvalue weighted by Gasteiger charge is 2.33. The van der Waals surface area contributed by atoms with Crippen LogP contribution in [0.2, 0.25) is 0 Å². The van der Waals surface area contributed by atoms with Gasteiger partial charge in [-0.15, -0.1) is 0 Å². The van der Waals surface area contributed by atoms with Crippen molar-refractivity contribution in [2.24, 2.45) is 5.41 Å². The first-order valence-corrected chi connectivity index (χ1v) is 5.45. The van der Waals surface area contributed by atoms with Gasteiger partial charge in [-0.05, 0) is 19.3 Å². The zero-order valence-corrected chi connectivity index (χ0v) is 9.21. The minimum atomic E-state index is -0.353. The summed E-state index contributed by atoms with van der Waals surface area (Å²) in [6, 6.07) is 0. The lowest BCUT2D eigenvalue weighted by molar-refractivity contribution is -0.0298. The van der Waals surface area contributed by atoms with Gasteiger partial charge in [0.15, 0.2) is 0 Å². The van der Waals surface area contributed by atoms with E-state index in [1.165, 1.54) is 0 Å². The van der Waals surface area contributed by atoms with Crippen LogP contribution in [0.25, 0.3) is 0 Å². The fourth-order valence-corrected chi connectivity index (χ4v) is 1.84. The van der Waals surface area contributed by atoms with Crippen LogP contribution in [0.3, 0.4) is 0 Å². The average Bonchev–Trinajstić information content (AvgIpc) is 2.19. The number of unbranched alkanes of at least 4 members (excludes halogenated alkanes) is 1. The molecule has 0 amide bonds. The fourth-order valence-electron chi connectivity index (χ4n) is 1.84. The van der Waals surface area contributed by atoms with Crippen LogP contribution in [0.5, 0.6) is 0 Å². The van der Waals surface area contributed by atoms with Crippen molar-refractivity contribution in [1.82, 2.24) is 0 Å². The first-order chi connectivity index (χ1) is 6.16. The maximum atomic E-state index is 9.83. The molecule has 2 heteroatoms. The van der Waals surface area contributed by atoms with Gasteiger partial charge in [-0.2, -0.15) is 0 Å². The third kappa shape index (κ3) is 3.28. The SMILES string of the molecule is CCCCC(CC)(CO)C(O)CC. The predicted octanol–water partition coefficient (Wildman–Crippen LogP) is 2.34. The van der Waals surface area contributed by atoms with Crippen molar-refractivity contribution in [3.05, 3.63) is 0 Å². The zero-order valence-electron chi connectivity index (χ0n) is 9.21. The van der Waals surface area contributed by atoms with Crippen LogP contribution < -0.4 is 0 Å². The number of hydrogen-bond acceptors (Lipinski definition) is 2. The summed E-state index contributed by atoms with van der Waals surface area (Å²) in [5.74, 6) is 0. The van der Waals surface area contributed by atoms with Crippen LogP contribution in [-0.4, -0.2) is 22.9 Å². The Morgan fingerprint density at radius 3 is 2.15 bits per heavy atom. The molecule has 0 fully saturated rings. The van der Waals surface area contributed by atoms with Gasteiger partial charge in [0.1, 0.15) is 0 Å². The summed E-state index contributed by atoms with van der Waals surface area (Å²) in [5, 5.41) is 19.2. The lowest BCUT2D eigenvalue weighted by Crippen LogP contribution is -2.37. The van der Waals surface area contributed by atoms with E-state index in [0.29, 0.717) is 0 Å². The van der Waals surface area contributed by atoms with Crippen LogP contribution >= 0.6 is 0 Å². The van der Waals surface area contributed by atoms with Crippen LogP contribution in [-0.2, 0) is 0 Å². The third-order valence-corrected chi connectivity index (χ3v) is 3.14. The second kappa shape index (κ2) is 6.39. The molecule has 2 nitrogen and oxygen atoms in total. The molecule has 0 spiro atoms. The molecule has 0 saturated carbocycles. The van der Waals surface area contributed by atoms with Crippen molar-refractivity contribution < 1.29 is 10.2 Å². The first kappa shape index (κ1) is 12.9. The van der Waals surface area contributed by atoms with Crippen molar-refractivity contribution >= 4 is 0 Å². The Labute approximate surface area is 82.0 Å². The Kier molecular flexibility index (Phi) is 6.35. The molecule has 0 aliphatic carbocycles. The van der Waals surface area contributed by atoms with E-state index in [0.717, 1.165) is 32.1 Å². The molecule has 0 aromatic rings. The van der Waals surface area contributed by atoms with Crippen LogP contribution in [0, 0.1) is 5.41 Å². The number of aliphatic hydroxyl groups is 2. The van der Waals surface area contributed by atoms with Gasteiger partial charge in [-0.1, -0.05) is 33.6 Å². The molecule has 2 atom stereocenters. The summed E-state index contributed by atoms with van der Waals surface area (Å²) in [6.45, 7) is 6.26. The third-order valence-electron chi connectivity index (χ3n) is 3.14. The molecule has 80 valence electrons. The Bertz CT molecular complexity index is 119. The normalized spacial score (nSPS) is 18.2. The Morgan fingerprint density at radius 1 is 1.23 bits per heavy atom. The number of rotatable bonds is 7. The highest BCUT2D eigenvalue weighted by atomic mass is 16.3. The molecule has 0 aliphatic heterocycles. The maximum Gasteiger partial charge on any atom is 0.0615 e. The second-order valence-electron chi connectivity index (χ2n) is 3.90. The van der Waals surface area contributed by atoms with Crippen LogP contribution in [0.1, 0.15) is 52.9 Å². The van der Waals surface area contributed by atoms with E-state index in [1.807, 2.05) is 13.8 Å². The molecule has 13 heavy (non-hydrogen) atoms. The van der Waals surface area contributed by atoms with Crippen molar-refractivity contribution in [2.75, 3.05) is 6.61 Å². The van der Waals surface area contributed by atoms with E-state index in [-0.39, 0.29) is 18.1 Å². The maximum absolute atomic E-state index is 9.83. The van der Waals surface area contributed by atoms with Crippen LogP contribution in [0.4, 0.5) is 0 Å². The molecule has 0 aliphatic rings. The number of aliphatic hydroxyl groups excluding tert-OH is 2. The highest BCUT2D eigenvalue weighted by Crippen LogP contribution is 2.33. The smallest absolute Gasteiger partial charge is 0.0615 e. The van der Waals surface area contributed by atoms with Gasteiger partial charge in [0.25, 0.3) is 0 Å². The van der Waals surface area contributed by atoms with Crippen molar-refractivity contribution in [2.45, 2.75) is 59.0 Å². The van der Waals surface area contributed by atoms with E-state index in [4.69, 9.17) is 0 Å². The largest absolute Gasteiger partial charge is 0.396 e. The standard InChI is InChI=1S/C11H24O2/c1-4-7-8-11(6-3,9-12)10(13)5-2/h10,12-13H,4-9H2,1-3H3. The molecule has 0 aromatic carbocycles. The molecular weight excluding hydrogens is 164 g/mol. The zero-order chi connectivity index (χ0) is 10.3. The van der Waals surface area contributed by atoms with Gasteiger partial charge in [0.05, 0.1) is 12.7 Å². The molecule has 2 N–H and O–H groups in total. The molecule has 0 aromatic heterocycles. The minimum absolute atomic E-state index is 0.110. The minimum Gasteiger partial charge on any atom is -0.396 e. The van der Waals surface area contributed by atoms with E-state index >= 15 is 0 Å². The lowest BCUT2D eigenvalue weighted by Gasteiger charge is -2.35. The summed E-state index contributed by atoms with van der Waals surface area (Å²) in [4.78, 5) is 0. The summed E-state index contributed by atoms with van der Waals surface area (Å²) in [7, 11) is 0. The molecule has 0 rings (SSSR count). The van der Waals surface area contributed by atoms with E-state index in [2.05, 4.69) is 6.92 Å². The Morgan fingerprint density at radius 2 is 1.85 bits per heavy atom. The molecule has 0 radical (unpaired) electrons. The Hall–Kier alpha value is -0.0800. The molecular formula is C11H24O2. The lowest BCUT2D eigenvalue weighted by atomic mass is 9.75. The summed E-state index contributed by atoms with van der Waals surface area (Å²) >= 11 is 0. The molecule has 0 heterocycles. The Balaban J connectivity index is 4.29. The van der Waals surface area contributed by atoms with Crippen LogP contribution in [0.15, 0.2) is 0 Å². The quantitative estimate of drug-likeness (QED) is 0.644. The molecule has 0 bridgehead atoms. The van der Waals surface area contributed by atoms with Gasteiger partial charge in [-0.3, -0.25) is 0 Å². The summed E-state index contributed by atoms with van der Waals surface area (Å²) in [6.07, 6.45) is 4.39. The highest BCUT2D eigenvalue weighted by molar-refractivity contribution is 4.83. The predicted molar refractivity (Wildman–Crippen MR) is 55.6 cm³/mol. The second-order valence-corrected chi connectivity index (χ2v) is 3.90. The topological polar surface area (TPSA) is 40.5 Å². The first-order valence-electron chi connectivity index (χ1n) is 5.45. The summed E-state index contributed by atoms with van der Waals surface area (Å²) in [5.41, 5.74) is -0.245. The van der Waals surface area contributed by atoms with Gasteiger partial charge in [0, 0.05) is 5.41 Å². The average molecular weight is 188 g/mol. The fraction of sp³-hybridized carbons (Fsp3) is 1.00. The molecule has 0 saturated heterocycles. The molecule has 2 unspecified atom stereocenters. The summed E-state index contributed by atoms with van der Waals surface area (Å²) < 4.78 is 0. The van der Waals surface area contributed by atoms with Crippen molar-refractivity contribution in [3.8, 4) is 0 Å². The van der Waals surface area contributed by atoms with Gasteiger partial charge in [0.2, 0.25) is 0 Å².